The number of nitrogens with one attached hydrogen (secondary N) is 3. The molecule has 7 nitrogen and oxygen atoms in total. The smallest absolute Gasteiger partial charge is 0.323 e. The number of para-hydroxylation sites is 5. The van der Waals surface area contributed by atoms with Crippen molar-refractivity contribution in [3.8, 4) is 11.5 Å². The van der Waals surface area contributed by atoms with Crippen LogP contribution in [0.4, 0.5) is 21.9 Å². The zero-order valence-corrected chi connectivity index (χ0v) is 18.0. The predicted molar refractivity (Wildman–Crippen MR) is 126 cm³/mol. The first-order valence-electron chi connectivity index (χ1n) is 10.5. The van der Waals surface area contributed by atoms with Crippen molar-refractivity contribution < 1.29 is 19.1 Å². The molecule has 7 heteroatoms. The van der Waals surface area contributed by atoms with Gasteiger partial charge < -0.3 is 25.4 Å². The quantitative estimate of drug-likeness (QED) is 0.367. The second kappa shape index (κ2) is 12.0. The lowest BCUT2D eigenvalue weighted by atomic mass is 10.2. The third kappa shape index (κ3) is 7.05. The highest BCUT2D eigenvalue weighted by Crippen LogP contribution is 2.26. The van der Waals surface area contributed by atoms with E-state index in [0.29, 0.717) is 48.2 Å². The molecule has 3 N–H and O–H groups in total. The summed E-state index contributed by atoms with van der Waals surface area (Å²) in [6.07, 6.45) is 0.817. The second-order valence-corrected chi connectivity index (χ2v) is 6.87. The van der Waals surface area contributed by atoms with Gasteiger partial charge >= 0.3 is 6.03 Å². The molecule has 3 aromatic carbocycles. The lowest BCUT2D eigenvalue weighted by Crippen LogP contribution is -2.21. The van der Waals surface area contributed by atoms with Crippen LogP contribution in [-0.2, 0) is 4.79 Å². The lowest BCUT2D eigenvalue weighted by Gasteiger charge is -2.13. The Bertz CT molecular complexity index is 1020. The highest BCUT2D eigenvalue weighted by atomic mass is 16.5. The highest BCUT2D eigenvalue weighted by molar-refractivity contribution is 6.03. The molecule has 0 atom stereocenters. The van der Waals surface area contributed by atoms with Crippen LogP contribution in [0.5, 0.6) is 11.5 Å². The summed E-state index contributed by atoms with van der Waals surface area (Å²) in [4.78, 5) is 24.7. The first-order valence-corrected chi connectivity index (χ1v) is 10.5. The Morgan fingerprint density at radius 2 is 1.31 bits per heavy atom. The van der Waals surface area contributed by atoms with Crippen molar-refractivity contribution in [1.82, 2.24) is 0 Å². The minimum atomic E-state index is -0.390. The van der Waals surface area contributed by atoms with Gasteiger partial charge in [-0.2, -0.15) is 0 Å². The van der Waals surface area contributed by atoms with Crippen LogP contribution in [0, 0.1) is 0 Å². The monoisotopic (exact) mass is 433 g/mol. The van der Waals surface area contributed by atoms with Crippen LogP contribution in [0.3, 0.4) is 0 Å². The van der Waals surface area contributed by atoms with E-state index in [1.807, 2.05) is 49.4 Å². The van der Waals surface area contributed by atoms with Crippen molar-refractivity contribution in [2.75, 3.05) is 29.2 Å². The van der Waals surface area contributed by atoms with E-state index in [2.05, 4.69) is 16.0 Å². The van der Waals surface area contributed by atoms with Gasteiger partial charge in [-0.1, -0.05) is 42.5 Å². The maximum atomic E-state index is 12.4. The Labute approximate surface area is 187 Å². The number of hydrogen-bond donors (Lipinski definition) is 3. The van der Waals surface area contributed by atoms with Crippen LogP contribution in [0.1, 0.15) is 19.8 Å². The van der Waals surface area contributed by atoms with Crippen molar-refractivity contribution in [3.05, 3.63) is 78.9 Å². The van der Waals surface area contributed by atoms with Gasteiger partial charge in [-0.05, 0) is 49.7 Å². The summed E-state index contributed by atoms with van der Waals surface area (Å²) >= 11 is 0. The van der Waals surface area contributed by atoms with Gasteiger partial charge in [0.15, 0.2) is 11.5 Å². The molecule has 3 aromatic rings. The summed E-state index contributed by atoms with van der Waals surface area (Å²) in [5.41, 5.74) is 1.72. The molecule has 0 aliphatic rings. The average molecular weight is 434 g/mol. The number of ether oxygens (including phenoxy) is 2. The standard InChI is InChI=1S/C25H27N3O4/c1-2-31-22-15-8-9-16-23(22)32-18-10-17-24(29)27-20-13-6-7-14-21(20)28-25(30)26-19-11-4-3-5-12-19/h3-9,11-16H,2,10,17-18H2,1H3,(H,27,29)(H2,26,28,30). The van der Waals surface area contributed by atoms with Gasteiger partial charge in [0, 0.05) is 12.1 Å². The number of amides is 3. The molecule has 0 radical (unpaired) electrons. The molecule has 0 aliphatic heterocycles. The number of anilines is 3. The summed E-state index contributed by atoms with van der Waals surface area (Å²) in [5.74, 6) is 1.19. The van der Waals surface area contributed by atoms with E-state index in [9.17, 15) is 9.59 Å². The van der Waals surface area contributed by atoms with Crippen LogP contribution in [0.2, 0.25) is 0 Å². The van der Waals surface area contributed by atoms with E-state index in [0.717, 1.165) is 0 Å². The van der Waals surface area contributed by atoms with Gasteiger partial charge in [0.2, 0.25) is 5.91 Å². The Morgan fingerprint density at radius 3 is 2.00 bits per heavy atom. The molecule has 0 unspecified atom stereocenters. The average Bonchev–Trinajstić information content (AvgIpc) is 2.80. The number of benzene rings is 3. The number of rotatable bonds is 10. The van der Waals surface area contributed by atoms with E-state index in [-0.39, 0.29) is 18.4 Å². The summed E-state index contributed by atoms with van der Waals surface area (Å²) in [5, 5.41) is 8.37. The highest BCUT2D eigenvalue weighted by Gasteiger charge is 2.10. The Morgan fingerprint density at radius 1 is 0.719 bits per heavy atom. The van der Waals surface area contributed by atoms with Crippen LogP contribution >= 0.6 is 0 Å². The van der Waals surface area contributed by atoms with E-state index in [1.165, 1.54) is 0 Å². The molecule has 0 heterocycles. The molecule has 0 saturated heterocycles. The normalized spacial score (nSPS) is 10.2. The molecule has 3 rings (SSSR count). The molecule has 0 aromatic heterocycles. The van der Waals surface area contributed by atoms with Crippen LogP contribution in [-0.4, -0.2) is 25.2 Å². The van der Waals surface area contributed by atoms with Crippen molar-refractivity contribution in [3.63, 3.8) is 0 Å². The fourth-order valence-electron chi connectivity index (χ4n) is 2.98. The largest absolute Gasteiger partial charge is 0.490 e. The minimum Gasteiger partial charge on any atom is -0.490 e. The summed E-state index contributed by atoms with van der Waals surface area (Å²) in [6, 6.07) is 23.3. The van der Waals surface area contributed by atoms with E-state index in [1.54, 1.807) is 36.4 Å². The van der Waals surface area contributed by atoms with Crippen molar-refractivity contribution in [1.29, 1.82) is 0 Å². The van der Waals surface area contributed by atoms with Gasteiger partial charge in [0.25, 0.3) is 0 Å². The minimum absolute atomic E-state index is 0.163. The third-order valence-electron chi connectivity index (χ3n) is 4.44. The SMILES string of the molecule is CCOc1ccccc1OCCCC(=O)Nc1ccccc1NC(=O)Nc1ccccc1. The topological polar surface area (TPSA) is 88.7 Å². The van der Waals surface area contributed by atoms with E-state index in [4.69, 9.17) is 9.47 Å². The fraction of sp³-hybridized carbons (Fsp3) is 0.200. The number of carbonyl (C=O) groups is 2. The third-order valence-corrected chi connectivity index (χ3v) is 4.44. The molecular formula is C25H27N3O4. The van der Waals surface area contributed by atoms with Crippen molar-refractivity contribution in [2.45, 2.75) is 19.8 Å². The Hall–Kier alpha value is -4.00. The zero-order chi connectivity index (χ0) is 22.6. The maximum absolute atomic E-state index is 12.4. The summed E-state index contributed by atoms with van der Waals surface area (Å²) in [7, 11) is 0. The summed E-state index contributed by atoms with van der Waals surface area (Å²) < 4.78 is 11.3. The number of urea groups is 1. The van der Waals surface area contributed by atoms with Gasteiger partial charge in [0.1, 0.15) is 0 Å². The predicted octanol–water partition coefficient (Wildman–Crippen LogP) is 5.53. The summed E-state index contributed by atoms with van der Waals surface area (Å²) in [6.45, 7) is 2.86. The van der Waals surface area contributed by atoms with Gasteiger partial charge in [0.05, 0.1) is 24.6 Å². The fourth-order valence-corrected chi connectivity index (χ4v) is 2.98. The van der Waals surface area contributed by atoms with Crippen LogP contribution in [0.15, 0.2) is 78.9 Å². The molecule has 32 heavy (non-hydrogen) atoms. The van der Waals surface area contributed by atoms with Gasteiger partial charge in [-0.25, -0.2) is 4.79 Å². The Kier molecular flexibility index (Phi) is 8.50. The second-order valence-electron chi connectivity index (χ2n) is 6.87. The first-order chi connectivity index (χ1) is 15.7. The molecule has 3 amide bonds. The number of carbonyl (C=O) groups excluding carboxylic acids is 2. The van der Waals surface area contributed by atoms with Crippen LogP contribution < -0.4 is 25.4 Å². The van der Waals surface area contributed by atoms with Gasteiger partial charge in [-0.3, -0.25) is 4.79 Å². The lowest BCUT2D eigenvalue weighted by molar-refractivity contribution is -0.116. The maximum Gasteiger partial charge on any atom is 0.323 e. The number of hydrogen-bond acceptors (Lipinski definition) is 4. The van der Waals surface area contributed by atoms with Gasteiger partial charge in [-0.15, -0.1) is 0 Å². The molecule has 166 valence electrons. The molecule has 0 bridgehead atoms. The van der Waals surface area contributed by atoms with Crippen molar-refractivity contribution in [2.24, 2.45) is 0 Å². The molecule has 0 fully saturated rings. The molecule has 0 spiro atoms. The molecule has 0 aliphatic carbocycles. The van der Waals surface area contributed by atoms with E-state index < -0.39 is 0 Å². The van der Waals surface area contributed by atoms with Crippen LogP contribution in [0.25, 0.3) is 0 Å². The first kappa shape index (κ1) is 22.7. The molecular weight excluding hydrogens is 406 g/mol. The Balaban J connectivity index is 1.47. The molecule has 0 saturated carbocycles. The van der Waals surface area contributed by atoms with Crippen molar-refractivity contribution >= 4 is 29.0 Å². The zero-order valence-electron chi connectivity index (χ0n) is 18.0. The van der Waals surface area contributed by atoms with E-state index >= 15 is 0 Å².